The van der Waals surface area contributed by atoms with Crippen molar-refractivity contribution in [1.82, 2.24) is 0 Å². The molecule has 0 amide bonds. The highest BCUT2D eigenvalue weighted by Gasteiger charge is 2.16. The number of carbonyl (C=O) groups excluding carboxylic acids is 1. The lowest BCUT2D eigenvalue weighted by Gasteiger charge is -2.17. The Morgan fingerprint density at radius 1 is 1.25 bits per heavy atom. The van der Waals surface area contributed by atoms with Crippen LogP contribution in [0.3, 0.4) is 0 Å². The van der Waals surface area contributed by atoms with Crippen molar-refractivity contribution in [3.63, 3.8) is 0 Å². The molecule has 0 aromatic heterocycles. The number of ether oxygens (including phenoxy) is 1. The van der Waals surface area contributed by atoms with Gasteiger partial charge >= 0.3 is 0 Å². The van der Waals surface area contributed by atoms with Gasteiger partial charge in [-0.05, 0) is 55.2 Å². The van der Waals surface area contributed by atoms with Crippen LogP contribution < -0.4 is 4.74 Å². The third-order valence-corrected chi connectivity index (χ3v) is 4.54. The summed E-state index contributed by atoms with van der Waals surface area (Å²) in [7, 11) is 0. The molecule has 2 aromatic rings. The molecule has 2 aromatic carbocycles. The maximum Gasteiger partial charge on any atom is 0.193 e. The minimum Gasteiger partial charge on any atom is -0.493 e. The maximum absolute atomic E-state index is 12.6. The Morgan fingerprint density at radius 2 is 2.10 bits per heavy atom. The van der Waals surface area contributed by atoms with Crippen LogP contribution in [0.5, 0.6) is 5.75 Å². The van der Waals surface area contributed by atoms with Crippen LogP contribution in [0, 0.1) is 6.92 Å². The van der Waals surface area contributed by atoms with Crippen molar-refractivity contribution in [2.24, 2.45) is 0 Å². The molecular weight excluding hydrogens is 316 g/mol. The van der Waals surface area contributed by atoms with E-state index in [1.54, 1.807) is 0 Å². The van der Waals surface area contributed by atoms with E-state index in [0.29, 0.717) is 0 Å². The summed E-state index contributed by atoms with van der Waals surface area (Å²) in [5.74, 6) is 0.982. The van der Waals surface area contributed by atoms with Gasteiger partial charge in [0, 0.05) is 15.6 Å². The quantitative estimate of drug-likeness (QED) is 0.767. The highest BCUT2D eigenvalue weighted by molar-refractivity contribution is 9.10. The Balaban J connectivity index is 2.00. The number of rotatable bonds is 2. The van der Waals surface area contributed by atoms with Gasteiger partial charge in [0.05, 0.1) is 6.61 Å². The first kappa shape index (κ1) is 13.4. The smallest absolute Gasteiger partial charge is 0.193 e. The summed E-state index contributed by atoms with van der Waals surface area (Å²) in [4.78, 5) is 12.6. The van der Waals surface area contributed by atoms with E-state index in [1.807, 2.05) is 43.3 Å². The molecule has 0 spiro atoms. The number of aryl methyl sites for hydroxylation is 1. The summed E-state index contributed by atoms with van der Waals surface area (Å²) >= 11 is 3.47. The van der Waals surface area contributed by atoms with Crippen LogP contribution in [0.4, 0.5) is 0 Å². The average Bonchev–Trinajstić information content (AvgIpc) is 2.49. The van der Waals surface area contributed by atoms with Gasteiger partial charge in [-0.15, -0.1) is 0 Å². The standard InChI is InChI=1S/C17H15BrO2/c1-11-14(5-2-6-15(11)18)17(19)13-7-8-16-12(10-13)4-3-9-20-16/h2,5-8,10H,3-4,9H2,1H3. The summed E-state index contributed by atoms with van der Waals surface area (Å²) in [5, 5.41) is 0. The van der Waals surface area contributed by atoms with Crippen molar-refractivity contribution in [2.45, 2.75) is 19.8 Å². The molecule has 0 atom stereocenters. The summed E-state index contributed by atoms with van der Waals surface area (Å²) in [6, 6.07) is 11.5. The van der Waals surface area contributed by atoms with Crippen molar-refractivity contribution in [2.75, 3.05) is 6.61 Å². The van der Waals surface area contributed by atoms with Crippen LogP contribution in [0.15, 0.2) is 40.9 Å². The fourth-order valence-corrected chi connectivity index (χ4v) is 2.88. The molecule has 0 unspecified atom stereocenters. The predicted molar refractivity (Wildman–Crippen MR) is 82.6 cm³/mol. The van der Waals surface area contributed by atoms with E-state index in [1.165, 1.54) is 0 Å². The SMILES string of the molecule is Cc1c(Br)cccc1C(=O)c1ccc2c(c1)CCCO2. The van der Waals surface area contributed by atoms with Crippen LogP contribution in [-0.2, 0) is 6.42 Å². The van der Waals surface area contributed by atoms with Crippen LogP contribution in [0.1, 0.15) is 33.5 Å². The molecule has 0 aliphatic carbocycles. The number of halogens is 1. The van der Waals surface area contributed by atoms with E-state index in [0.717, 1.165) is 51.9 Å². The van der Waals surface area contributed by atoms with E-state index in [4.69, 9.17) is 4.74 Å². The Hall–Kier alpha value is -1.61. The monoisotopic (exact) mass is 330 g/mol. The van der Waals surface area contributed by atoms with E-state index in [9.17, 15) is 4.79 Å². The van der Waals surface area contributed by atoms with Crippen molar-refractivity contribution in [3.05, 3.63) is 63.1 Å². The highest BCUT2D eigenvalue weighted by Crippen LogP contribution is 2.28. The normalized spacial score (nSPS) is 13.5. The summed E-state index contributed by atoms with van der Waals surface area (Å²) in [5.41, 5.74) is 3.59. The summed E-state index contributed by atoms with van der Waals surface area (Å²) in [6.07, 6.45) is 1.99. The molecule has 1 aliphatic rings. The van der Waals surface area contributed by atoms with Gasteiger partial charge in [-0.2, -0.15) is 0 Å². The fraction of sp³-hybridized carbons (Fsp3) is 0.235. The Bertz CT molecular complexity index is 677. The topological polar surface area (TPSA) is 26.3 Å². The lowest BCUT2D eigenvalue weighted by molar-refractivity contribution is 0.103. The molecule has 102 valence electrons. The van der Waals surface area contributed by atoms with Gasteiger partial charge < -0.3 is 4.74 Å². The molecule has 2 nitrogen and oxygen atoms in total. The number of hydrogen-bond donors (Lipinski definition) is 0. The number of hydrogen-bond acceptors (Lipinski definition) is 2. The summed E-state index contributed by atoms with van der Waals surface area (Å²) < 4.78 is 6.55. The van der Waals surface area contributed by atoms with Crippen molar-refractivity contribution >= 4 is 21.7 Å². The van der Waals surface area contributed by atoms with Gasteiger partial charge in [0.1, 0.15) is 5.75 Å². The largest absolute Gasteiger partial charge is 0.493 e. The van der Waals surface area contributed by atoms with Gasteiger partial charge in [-0.3, -0.25) is 4.79 Å². The van der Waals surface area contributed by atoms with Crippen molar-refractivity contribution in [1.29, 1.82) is 0 Å². The molecule has 0 fully saturated rings. The Labute approximate surface area is 126 Å². The number of carbonyl (C=O) groups is 1. The third-order valence-electron chi connectivity index (χ3n) is 3.68. The van der Waals surface area contributed by atoms with E-state index < -0.39 is 0 Å². The lowest BCUT2D eigenvalue weighted by Crippen LogP contribution is -2.10. The average molecular weight is 331 g/mol. The first-order chi connectivity index (χ1) is 9.66. The van der Waals surface area contributed by atoms with Crippen LogP contribution >= 0.6 is 15.9 Å². The lowest BCUT2D eigenvalue weighted by atomic mass is 9.96. The number of benzene rings is 2. The molecule has 0 bridgehead atoms. The minimum absolute atomic E-state index is 0.0668. The maximum atomic E-state index is 12.6. The molecule has 1 aliphatic heterocycles. The molecule has 0 saturated carbocycles. The molecule has 0 saturated heterocycles. The van der Waals surface area contributed by atoms with Gasteiger partial charge in [-0.25, -0.2) is 0 Å². The van der Waals surface area contributed by atoms with Crippen LogP contribution in [-0.4, -0.2) is 12.4 Å². The van der Waals surface area contributed by atoms with E-state index in [-0.39, 0.29) is 5.78 Å². The first-order valence-electron chi connectivity index (χ1n) is 6.72. The molecule has 20 heavy (non-hydrogen) atoms. The summed E-state index contributed by atoms with van der Waals surface area (Å²) in [6.45, 7) is 2.73. The van der Waals surface area contributed by atoms with Gasteiger partial charge in [-0.1, -0.05) is 28.1 Å². The van der Waals surface area contributed by atoms with Gasteiger partial charge in [0.2, 0.25) is 0 Å². The van der Waals surface area contributed by atoms with Crippen molar-refractivity contribution in [3.8, 4) is 5.75 Å². The minimum atomic E-state index is 0.0668. The first-order valence-corrected chi connectivity index (χ1v) is 7.51. The molecule has 0 radical (unpaired) electrons. The zero-order valence-electron chi connectivity index (χ0n) is 11.3. The van der Waals surface area contributed by atoms with E-state index >= 15 is 0 Å². The predicted octanol–water partition coefficient (Wildman–Crippen LogP) is 4.31. The molecular formula is C17H15BrO2. The zero-order valence-corrected chi connectivity index (χ0v) is 12.9. The zero-order chi connectivity index (χ0) is 14.1. The Kier molecular flexibility index (Phi) is 3.62. The van der Waals surface area contributed by atoms with E-state index in [2.05, 4.69) is 15.9 Å². The van der Waals surface area contributed by atoms with Crippen LogP contribution in [0.25, 0.3) is 0 Å². The molecule has 3 heteroatoms. The molecule has 0 N–H and O–H groups in total. The van der Waals surface area contributed by atoms with Gasteiger partial charge in [0.15, 0.2) is 5.78 Å². The second-order valence-electron chi connectivity index (χ2n) is 5.02. The second-order valence-corrected chi connectivity index (χ2v) is 5.87. The fourth-order valence-electron chi connectivity index (χ4n) is 2.51. The number of fused-ring (bicyclic) bond motifs is 1. The van der Waals surface area contributed by atoms with Gasteiger partial charge in [0.25, 0.3) is 0 Å². The molecule has 1 heterocycles. The van der Waals surface area contributed by atoms with Crippen molar-refractivity contribution < 1.29 is 9.53 Å². The second kappa shape index (κ2) is 5.41. The Morgan fingerprint density at radius 3 is 2.95 bits per heavy atom. The number of ketones is 1. The highest BCUT2D eigenvalue weighted by atomic mass is 79.9. The third kappa shape index (κ3) is 2.38. The molecule has 3 rings (SSSR count). The van der Waals surface area contributed by atoms with Crippen LogP contribution in [0.2, 0.25) is 0 Å².